The molecule has 23 heavy (non-hydrogen) atoms. The maximum atomic E-state index is 12.1. The van der Waals surface area contributed by atoms with Crippen molar-refractivity contribution in [3.05, 3.63) is 35.9 Å². The molecule has 0 amide bonds. The van der Waals surface area contributed by atoms with Crippen LogP contribution in [0, 0.1) is 5.92 Å². The number of methoxy groups -OCH3 is 1. The molecule has 0 saturated carbocycles. The molecule has 1 aromatic carbocycles. The maximum absolute atomic E-state index is 12.1. The van der Waals surface area contributed by atoms with Gasteiger partial charge in [0.15, 0.2) is 0 Å². The van der Waals surface area contributed by atoms with Crippen molar-refractivity contribution in [3.8, 4) is 0 Å². The Morgan fingerprint density at radius 2 is 1.74 bits per heavy atom. The molecule has 126 valence electrons. The molecule has 2 unspecified atom stereocenters. The summed E-state index contributed by atoms with van der Waals surface area (Å²) in [4.78, 5) is 35.5. The van der Waals surface area contributed by atoms with E-state index < -0.39 is 11.9 Å². The summed E-state index contributed by atoms with van der Waals surface area (Å²) in [6, 6.07) is 9.66. The van der Waals surface area contributed by atoms with E-state index in [1.54, 1.807) is 13.8 Å². The predicted molar refractivity (Wildman–Crippen MR) is 85.7 cm³/mol. The van der Waals surface area contributed by atoms with Gasteiger partial charge in [-0.15, -0.1) is 0 Å². The number of esters is 1. The maximum Gasteiger partial charge on any atom is 0.316 e. The lowest BCUT2D eigenvalue weighted by atomic mass is 9.94. The van der Waals surface area contributed by atoms with Crippen LogP contribution >= 0.6 is 0 Å². The zero-order valence-corrected chi connectivity index (χ0v) is 13.9. The molecule has 0 bridgehead atoms. The zero-order valence-electron chi connectivity index (χ0n) is 13.9. The van der Waals surface area contributed by atoms with E-state index in [1.807, 2.05) is 30.3 Å². The van der Waals surface area contributed by atoms with Crippen molar-refractivity contribution < 1.29 is 23.9 Å². The molecule has 0 fully saturated rings. The summed E-state index contributed by atoms with van der Waals surface area (Å²) in [5, 5.41) is 0. The first kappa shape index (κ1) is 19.0. The van der Waals surface area contributed by atoms with Crippen molar-refractivity contribution in [2.24, 2.45) is 5.92 Å². The summed E-state index contributed by atoms with van der Waals surface area (Å²) in [6.07, 6.45) is -0.0410. The zero-order chi connectivity index (χ0) is 17.2. The summed E-state index contributed by atoms with van der Waals surface area (Å²) in [5.74, 6) is -2.10. The molecule has 1 aromatic rings. The molecule has 0 spiro atoms. The Kier molecular flexibility index (Phi) is 8.19. The van der Waals surface area contributed by atoms with Gasteiger partial charge in [0.2, 0.25) is 0 Å². The molecule has 0 aromatic heterocycles. The molecule has 0 aliphatic rings. The van der Waals surface area contributed by atoms with Crippen molar-refractivity contribution >= 4 is 17.5 Å². The van der Waals surface area contributed by atoms with Crippen molar-refractivity contribution in [2.45, 2.75) is 45.8 Å². The second-order valence-corrected chi connectivity index (χ2v) is 5.45. The fourth-order valence-corrected chi connectivity index (χ4v) is 2.22. The number of carbonyl (C=O) groups is 3. The fourth-order valence-electron chi connectivity index (χ4n) is 2.22. The molecule has 0 N–H and O–H groups in total. The Morgan fingerprint density at radius 1 is 1.09 bits per heavy atom. The molecule has 0 radical (unpaired) electrons. The molecule has 1 rings (SSSR count). The van der Waals surface area contributed by atoms with Crippen LogP contribution in [-0.4, -0.2) is 30.7 Å². The Bertz CT molecular complexity index is 507. The quantitative estimate of drug-likeness (QED) is 0.490. The number of carbonyl (C=O) groups excluding carboxylic acids is 3. The van der Waals surface area contributed by atoms with E-state index in [-0.39, 0.29) is 36.9 Å². The van der Waals surface area contributed by atoms with E-state index in [9.17, 15) is 14.4 Å². The minimum absolute atomic E-state index is 0.127. The molecule has 0 aliphatic heterocycles. The minimum atomic E-state index is -1.00. The second kappa shape index (κ2) is 9.90. The van der Waals surface area contributed by atoms with Gasteiger partial charge >= 0.3 is 5.97 Å². The number of rotatable bonds is 10. The van der Waals surface area contributed by atoms with Crippen molar-refractivity contribution in [1.29, 1.82) is 0 Å². The third-order valence-electron chi connectivity index (χ3n) is 3.55. The second-order valence-electron chi connectivity index (χ2n) is 5.45. The molecule has 0 aliphatic carbocycles. The highest BCUT2D eigenvalue weighted by atomic mass is 16.5. The molecule has 5 heteroatoms. The highest BCUT2D eigenvalue weighted by Gasteiger charge is 2.29. The van der Waals surface area contributed by atoms with Crippen LogP contribution in [0.25, 0.3) is 0 Å². The first-order valence-corrected chi connectivity index (χ1v) is 7.75. The smallest absolute Gasteiger partial charge is 0.316 e. The van der Waals surface area contributed by atoms with Crippen LogP contribution in [-0.2, 0) is 30.5 Å². The number of ether oxygens (including phenoxy) is 2. The van der Waals surface area contributed by atoms with Gasteiger partial charge in [-0.05, 0) is 12.5 Å². The Labute approximate surface area is 137 Å². The van der Waals surface area contributed by atoms with Crippen LogP contribution in [0.3, 0.4) is 0 Å². The standard InChI is InChI=1S/C18H24O5/c1-4-17(20)16(18(21)22-3)11-15(19)10-13(2)23-12-14-8-6-5-7-9-14/h5-9,13,16H,4,10-12H2,1-3H3. The number of ketones is 2. The molecule has 0 heterocycles. The van der Waals surface area contributed by atoms with Crippen molar-refractivity contribution in [1.82, 2.24) is 0 Å². The highest BCUT2D eigenvalue weighted by molar-refractivity contribution is 6.02. The van der Waals surface area contributed by atoms with Gasteiger partial charge in [-0.25, -0.2) is 0 Å². The van der Waals surface area contributed by atoms with Gasteiger partial charge in [0.1, 0.15) is 17.5 Å². The number of hydrogen-bond acceptors (Lipinski definition) is 5. The van der Waals surface area contributed by atoms with Crippen molar-refractivity contribution in [3.63, 3.8) is 0 Å². The van der Waals surface area contributed by atoms with Gasteiger partial charge in [0.05, 0.1) is 19.8 Å². The molecule has 2 atom stereocenters. The predicted octanol–water partition coefficient (Wildman–Crippen LogP) is 2.71. The van der Waals surface area contributed by atoms with E-state index in [1.165, 1.54) is 7.11 Å². The van der Waals surface area contributed by atoms with Gasteiger partial charge in [-0.2, -0.15) is 0 Å². The number of Topliss-reactive ketones (excluding diaryl/α,β-unsaturated/α-hetero) is 2. The van der Waals surface area contributed by atoms with E-state index in [0.717, 1.165) is 5.56 Å². The molecule has 0 saturated heterocycles. The SMILES string of the molecule is CCC(=O)C(CC(=O)CC(C)OCc1ccccc1)C(=O)OC. The molecular weight excluding hydrogens is 296 g/mol. The monoisotopic (exact) mass is 320 g/mol. The summed E-state index contributed by atoms with van der Waals surface area (Å²) in [5.41, 5.74) is 1.03. The van der Waals surface area contributed by atoms with Crippen LogP contribution in [0.5, 0.6) is 0 Å². The lowest BCUT2D eigenvalue weighted by molar-refractivity contribution is -0.151. The van der Waals surface area contributed by atoms with Crippen LogP contribution in [0.1, 0.15) is 38.7 Å². The summed E-state index contributed by atoms with van der Waals surface area (Å²) < 4.78 is 10.2. The van der Waals surface area contributed by atoms with Crippen molar-refractivity contribution in [2.75, 3.05) is 7.11 Å². The minimum Gasteiger partial charge on any atom is -0.468 e. The van der Waals surface area contributed by atoms with Gasteiger partial charge < -0.3 is 9.47 Å². The van der Waals surface area contributed by atoms with E-state index in [0.29, 0.717) is 6.61 Å². The summed E-state index contributed by atoms with van der Waals surface area (Å²) >= 11 is 0. The van der Waals surface area contributed by atoms with Gasteiger partial charge in [-0.3, -0.25) is 14.4 Å². The van der Waals surface area contributed by atoms with Crippen LogP contribution in [0.2, 0.25) is 0 Å². The number of hydrogen-bond donors (Lipinski definition) is 0. The third kappa shape index (κ3) is 6.74. The fraction of sp³-hybridized carbons (Fsp3) is 0.500. The Hall–Kier alpha value is -2.01. The van der Waals surface area contributed by atoms with E-state index >= 15 is 0 Å². The van der Waals surface area contributed by atoms with Gasteiger partial charge in [0.25, 0.3) is 0 Å². The van der Waals surface area contributed by atoms with Crippen LogP contribution < -0.4 is 0 Å². The lowest BCUT2D eigenvalue weighted by Gasteiger charge is -2.15. The Balaban J connectivity index is 2.47. The summed E-state index contributed by atoms with van der Waals surface area (Å²) in [7, 11) is 1.22. The lowest BCUT2D eigenvalue weighted by Crippen LogP contribution is -2.28. The van der Waals surface area contributed by atoms with Gasteiger partial charge in [0, 0.05) is 19.3 Å². The Morgan fingerprint density at radius 3 is 2.30 bits per heavy atom. The third-order valence-corrected chi connectivity index (χ3v) is 3.55. The first-order chi connectivity index (χ1) is 11.0. The molecular formula is C18H24O5. The average Bonchev–Trinajstić information content (AvgIpc) is 2.57. The average molecular weight is 320 g/mol. The first-order valence-electron chi connectivity index (χ1n) is 7.75. The summed E-state index contributed by atoms with van der Waals surface area (Å²) in [6.45, 7) is 3.88. The van der Waals surface area contributed by atoms with E-state index in [4.69, 9.17) is 4.74 Å². The normalized spacial score (nSPS) is 13.2. The molecule has 5 nitrogen and oxygen atoms in total. The van der Waals surface area contributed by atoms with E-state index in [2.05, 4.69) is 4.74 Å². The van der Waals surface area contributed by atoms with Gasteiger partial charge in [-0.1, -0.05) is 37.3 Å². The number of benzene rings is 1. The highest BCUT2D eigenvalue weighted by Crippen LogP contribution is 2.14. The topological polar surface area (TPSA) is 69.7 Å². The largest absolute Gasteiger partial charge is 0.468 e. The van der Waals surface area contributed by atoms with Crippen LogP contribution in [0.4, 0.5) is 0 Å². The van der Waals surface area contributed by atoms with Crippen LogP contribution in [0.15, 0.2) is 30.3 Å².